The number of amides is 2. The van der Waals surface area contributed by atoms with Gasteiger partial charge in [0.1, 0.15) is 0 Å². The highest BCUT2D eigenvalue weighted by atomic mass is 19.4. The maximum absolute atomic E-state index is 12.7. The third kappa shape index (κ3) is 5.26. The van der Waals surface area contributed by atoms with Crippen LogP contribution in [0.1, 0.15) is 18.4 Å². The summed E-state index contributed by atoms with van der Waals surface area (Å²) in [5, 5.41) is 2.53. The van der Waals surface area contributed by atoms with Crippen LogP contribution in [-0.4, -0.2) is 37.2 Å². The van der Waals surface area contributed by atoms with Gasteiger partial charge in [-0.2, -0.15) is 13.2 Å². The highest BCUT2D eigenvalue weighted by Crippen LogP contribution is 2.30. The standard InChI is InChI=1S/C17H21F3N2O2/c1-2-10-24-12-13-6-8-22(9-7-13)16(23)21-15-5-3-4-14(11-15)17(18,19)20/h2-5,11,13H,1,6-10,12H2,(H,21,23). The Bertz CT molecular complexity index is 567. The minimum Gasteiger partial charge on any atom is -0.377 e. The first-order chi connectivity index (χ1) is 11.4. The lowest BCUT2D eigenvalue weighted by atomic mass is 9.98. The van der Waals surface area contributed by atoms with Gasteiger partial charge in [0, 0.05) is 25.4 Å². The van der Waals surface area contributed by atoms with Gasteiger partial charge in [-0.3, -0.25) is 0 Å². The molecule has 0 radical (unpaired) electrons. The third-order valence-corrected chi connectivity index (χ3v) is 3.93. The van der Waals surface area contributed by atoms with Crippen molar-refractivity contribution in [1.29, 1.82) is 0 Å². The molecule has 0 atom stereocenters. The van der Waals surface area contributed by atoms with Crippen molar-refractivity contribution < 1.29 is 22.7 Å². The van der Waals surface area contributed by atoms with E-state index in [9.17, 15) is 18.0 Å². The van der Waals surface area contributed by atoms with Gasteiger partial charge in [0.25, 0.3) is 0 Å². The van der Waals surface area contributed by atoms with Crippen LogP contribution in [0.3, 0.4) is 0 Å². The van der Waals surface area contributed by atoms with Gasteiger partial charge in [-0.25, -0.2) is 4.79 Å². The molecule has 1 aromatic carbocycles. The SMILES string of the molecule is C=CCOCC1CCN(C(=O)Nc2cccc(C(F)(F)F)c2)CC1. The van der Waals surface area contributed by atoms with Crippen molar-refractivity contribution in [1.82, 2.24) is 4.90 Å². The Kier molecular flexibility index (Phi) is 6.25. The highest BCUT2D eigenvalue weighted by molar-refractivity contribution is 5.89. The van der Waals surface area contributed by atoms with Crippen molar-refractivity contribution in [3.63, 3.8) is 0 Å². The maximum atomic E-state index is 12.7. The summed E-state index contributed by atoms with van der Waals surface area (Å²) >= 11 is 0. The third-order valence-electron chi connectivity index (χ3n) is 3.93. The van der Waals surface area contributed by atoms with Gasteiger partial charge in [-0.15, -0.1) is 6.58 Å². The van der Waals surface area contributed by atoms with E-state index in [1.807, 2.05) is 0 Å². The van der Waals surface area contributed by atoms with Crippen LogP contribution < -0.4 is 5.32 Å². The molecule has 1 aliphatic heterocycles. The number of hydrogen-bond donors (Lipinski definition) is 1. The molecule has 0 bridgehead atoms. The zero-order valence-corrected chi connectivity index (χ0v) is 13.3. The molecule has 0 aliphatic carbocycles. The minimum absolute atomic E-state index is 0.145. The molecule has 2 amide bonds. The average molecular weight is 342 g/mol. The van der Waals surface area contributed by atoms with E-state index in [0.717, 1.165) is 25.0 Å². The molecule has 7 heteroatoms. The predicted molar refractivity (Wildman–Crippen MR) is 85.8 cm³/mol. The molecular weight excluding hydrogens is 321 g/mol. The number of piperidine rings is 1. The van der Waals surface area contributed by atoms with Crippen LogP contribution in [0.2, 0.25) is 0 Å². The Morgan fingerprint density at radius 1 is 1.38 bits per heavy atom. The minimum atomic E-state index is -4.43. The van der Waals surface area contributed by atoms with E-state index in [4.69, 9.17) is 4.74 Å². The molecule has 1 saturated heterocycles. The quantitative estimate of drug-likeness (QED) is 0.645. The number of carbonyl (C=O) groups is 1. The van der Waals surface area contributed by atoms with Crippen molar-refractivity contribution in [2.24, 2.45) is 5.92 Å². The van der Waals surface area contributed by atoms with E-state index in [1.165, 1.54) is 12.1 Å². The largest absolute Gasteiger partial charge is 0.416 e. The Morgan fingerprint density at radius 3 is 2.71 bits per heavy atom. The van der Waals surface area contributed by atoms with Crippen LogP contribution in [0.5, 0.6) is 0 Å². The van der Waals surface area contributed by atoms with Crippen LogP contribution in [0, 0.1) is 5.92 Å². The smallest absolute Gasteiger partial charge is 0.377 e. The highest BCUT2D eigenvalue weighted by Gasteiger charge is 2.30. The van der Waals surface area contributed by atoms with Gasteiger partial charge in [0.15, 0.2) is 0 Å². The summed E-state index contributed by atoms with van der Waals surface area (Å²) in [7, 11) is 0. The molecule has 4 nitrogen and oxygen atoms in total. The molecule has 0 spiro atoms. The van der Waals surface area contributed by atoms with Gasteiger partial charge < -0.3 is 15.0 Å². The second-order valence-electron chi connectivity index (χ2n) is 5.77. The number of rotatable bonds is 5. The first-order valence-corrected chi connectivity index (χ1v) is 7.82. The van der Waals surface area contributed by atoms with Crippen molar-refractivity contribution >= 4 is 11.7 Å². The maximum Gasteiger partial charge on any atom is 0.416 e. The Labute approximate surface area is 139 Å². The van der Waals surface area contributed by atoms with E-state index < -0.39 is 11.7 Å². The predicted octanol–water partition coefficient (Wildman–Crippen LogP) is 4.15. The lowest BCUT2D eigenvalue weighted by Crippen LogP contribution is -2.41. The summed E-state index contributed by atoms with van der Waals surface area (Å²) in [6.45, 7) is 5.85. The fourth-order valence-corrected chi connectivity index (χ4v) is 2.60. The number of anilines is 1. The number of nitrogens with one attached hydrogen (secondary N) is 1. The molecule has 1 N–H and O–H groups in total. The second-order valence-corrected chi connectivity index (χ2v) is 5.77. The molecule has 1 heterocycles. The summed E-state index contributed by atoms with van der Waals surface area (Å²) < 4.78 is 43.5. The molecule has 132 valence electrons. The first kappa shape index (κ1) is 18.3. The van der Waals surface area contributed by atoms with Gasteiger partial charge in [-0.05, 0) is 37.0 Å². The summed E-state index contributed by atoms with van der Waals surface area (Å²) in [5.41, 5.74) is -0.635. The normalized spacial score (nSPS) is 16.0. The number of urea groups is 1. The van der Waals surface area contributed by atoms with Crippen LogP contribution in [-0.2, 0) is 10.9 Å². The van der Waals surface area contributed by atoms with Gasteiger partial charge in [-0.1, -0.05) is 12.1 Å². The molecule has 24 heavy (non-hydrogen) atoms. The van der Waals surface area contributed by atoms with Crippen LogP contribution in [0.15, 0.2) is 36.9 Å². The topological polar surface area (TPSA) is 41.6 Å². The Hall–Kier alpha value is -2.02. The fourth-order valence-electron chi connectivity index (χ4n) is 2.60. The van der Waals surface area contributed by atoms with E-state index >= 15 is 0 Å². The van der Waals surface area contributed by atoms with E-state index in [-0.39, 0.29) is 11.7 Å². The summed E-state index contributed by atoms with van der Waals surface area (Å²) in [6.07, 6.45) is -1.11. The number of likely N-dealkylation sites (tertiary alicyclic amines) is 1. The average Bonchev–Trinajstić information content (AvgIpc) is 2.55. The Morgan fingerprint density at radius 2 is 2.08 bits per heavy atom. The van der Waals surface area contributed by atoms with Crippen LogP contribution in [0.4, 0.5) is 23.7 Å². The molecule has 1 aliphatic rings. The van der Waals surface area contributed by atoms with E-state index in [2.05, 4.69) is 11.9 Å². The summed E-state index contributed by atoms with van der Waals surface area (Å²) in [4.78, 5) is 13.8. The molecule has 1 aromatic rings. The van der Waals surface area contributed by atoms with Crippen LogP contribution >= 0.6 is 0 Å². The van der Waals surface area contributed by atoms with Gasteiger partial charge >= 0.3 is 12.2 Å². The lowest BCUT2D eigenvalue weighted by Gasteiger charge is -2.31. The number of nitrogens with zero attached hydrogens (tertiary/aromatic N) is 1. The Balaban J connectivity index is 1.85. The first-order valence-electron chi connectivity index (χ1n) is 7.82. The monoisotopic (exact) mass is 342 g/mol. The molecule has 0 unspecified atom stereocenters. The number of ether oxygens (including phenoxy) is 1. The number of hydrogen-bond acceptors (Lipinski definition) is 2. The van der Waals surface area contributed by atoms with Gasteiger partial charge in [0.05, 0.1) is 12.2 Å². The summed E-state index contributed by atoms with van der Waals surface area (Å²) in [5.74, 6) is 0.391. The van der Waals surface area contributed by atoms with E-state index in [0.29, 0.717) is 32.2 Å². The van der Waals surface area contributed by atoms with Crippen molar-refractivity contribution in [3.05, 3.63) is 42.5 Å². The molecule has 0 saturated carbocycles. The molecule has 2 rings (SSSR count). The number of carbonyl (C=O) groups excluding carboxylic acids is 1. The van der Waals surface area contributed by atoms with Crippen LogP contribution in [0.25, 0.3) is 0 Å². The zero-order chi connectivity index (χ0) is 17.6. The number of alkyl halides is 3. The zero-order valence-electron chi connectivity index (χ0n) is 13.3. The lowest BCUT2D eigenvalue weighted by molar-refractivity contribution is -0.137. The van der Waals surface area contributed by atoms with E-state index in [1.54, 1.807) is 11.0 Å². The van der Waals surface area contributed by atoms with Crippen molar-refractivity contribution in [2.45, 2.75) is 19.0 Å². The number of halogens is 3. The van der Waals surface area contributed by atoms with Crippen molar-refractivity contribution in [2.75, 3.05) is 31.6 Å². The van der Waals surface area contributed by atoms with Crippen molar-refractivity contribution in [3.8, 4) is 0 Å². The molecular formula is C17H21F3N2O2. The number of benzene rings is 1. The molecule has 0 aromatic heterocycles. The summed E-state index contributed by atoms with van der Waals surface area (Å²) in [6, 6.07) is 4.27. The van der Waals surface area contributed by atoms with Gasteiger partial charge in [0.2, 0.25) is 0 Å². The fraction of sp³-hybridized carbons (Fsp3) is 0.471. The second kappa shape index (κ2) is 8.19. The molecule has 1 fully saturated rings.